The van der Waals surface area contributed by atoms with Crippen LogP contribution in [-0.2, 0) is 17.8 Å². The second kappa shape index (κ2) is 7.75. The number of hydrogen-bond acceptors (Lipinski definition) is 6. The Labute approximate surface area is 149 Å². The topological polar surface area (TPSA) is 112 Å². The number of carbonyl (C=O) groups is 2. The molecular weight excluding hydrogens is 340 g/mol. The van der Waals surface area contributed by atoms with Crippen molar-refractivity contribution in [3.05, 3.63) is 28.5 Å². The van der Waals surface area contributed by atoms with E-state index in [9.17, 15) is 9.59 Å². The zero-order chi connectivity index (χ0) is 17.8. The summed E-state index contributed by atoms with van der Waals surface area (Å²) in [6.07, 6.45) is 2.97. The highest BCUT2D eigenvalue weighted by Gasteiger charge is 2.27. The molecule has 1 aliphatic rings. The van der Waals surface area contributed by atoms with Crippen LogP contribution >= 0.6 is 11.3 Å². The highest BCUT2D eigenvalue weighted by molar-refractivity contribution is 7.13. The van der Waals surface area contributed by atoms with Crippen LogP contribution in [0.3, 0.4) is 0 Å². The smallest absolute Gasteiger partial charge is 0.272 e. The fraction of sp³-hybridized carbons (Fsp3) is 0.500. The minimum absolute atomic E-state index is 0.252. The van der Waals surface area contributed by atoms with Gasteiger partial charge in [-0.3, -0.25) is 14.7 Å². The summed E-state index contributed by atoms with van der Waals surface area (Å²) < 4.78 is 0. The zero-order valence-electron chi connectivity index (χ0n) is 14.3. The van der Waals surface area contributed by atoms with E-state index in [1.807, 2.05) is 13.8 Å². The van der Waals surface area contributed by atoms with Crippen molar-refractivity contribution in [2.75, 3.05) is 11.9 Å². The number of fused-ring (bicyclic) bond motifs is 1. The van der Waals surface area contributed by atoms with Gasteiger partial charge in [-0.05, 0) is 12.3 Å². The summed E-state index contributed by atoms with van der Waals surface area (Å²) >= 11 is 1.34. The van der Waals surface area contributed by atoms with Gasteiger partial charge in [0.05, 0.1) is 0 Å². The van der Waals surface area contributed by atoms with E-state index in [1.165, 1.54) is 11.3 Å². The molecule has 2 amide bonds. The van der Waals surface area contributed by atoms with Gasteiger partial charge in [-0.15, -0.1) is 11.3 Å². The van der Waals surface area contributed by atoms with Gasteiger partial charge in [0.2, 0.25) is 5.91 Å². The molecule has 134 valence electrons. The molecule has 0 bridgehead atoms. The summed E-state index contributed by atoms with van der Waals surface area (Å²) in [6.45, 7) is 5.49. The van der Waals surface area contributed by atoms with Crippen LogP contribution in [0.5, 0.6) is 0 Å². The normalized spacial score (nSPS) is 14.8. The summed E-state index contributed by atoms with van der Waals surface area (Å²) in [5, 5.41) is 18.2. The van der Waals surface area contributed by atoms with Crippen LogP contribution in [0.15, 0.2) is 11.6 Å². The molecule has 1 atom stereocenters. The minimum Gasteiger partial charge on any atom is -0.339 e. The lowest BCUT2D eigenvalue weighted by Crippen LogP contribution is -2.45. The Balaban J connectivity index is 1.72. The number of amides is 2. The maximum absolute atomic E-state index is 12.7. The largest absolute Gasteiger partial charge is 0.339 e. The van der Waals surface area contributed by atoms with Crippen LogP contribution in [-0.4, -0.2) is 39.6 Å². The van der Waals surface area contributed by atoms with Crippen LogP contribution < -0.4 is 16.0 Å². The van der Waals surface area contributed by atoms with Crippen LogP contribution in [0.1, 0.15) is 42.0 Å². The third-order valence-corrected chi connectivity index (χ3v) is 4.70. The van der Waals surface area contributed by atoms with Gasteiger partial charge >= 0.3 is 0 Å². The third kappa shape index (κ3) is 4.23. The van der Waals surface area contributed by atoms with Crippen LogP contribution in [0, 0.1) is 5.92 Å². The summed E-state index contributed by atoms with van der Waals surface area (Å²) in [7, 11) is 0. The molecular formula is C16H22N6O2S. The standard InChI is InChI=1S/C16H22N6O2S/c1-9(2)7-12(14(23)20-16-18-5-6-25-16)19-15(24)13-10-8-17-4-3-11(10)21-22-13/h5-6,9,12,17H,3-4,7-8H2,1-2H3,(H,19,24)(H,21,22)(H,18,20,23). The first-order valence-corrected chi connectivity index (χ1v) is 9.20. The molecule has 2 aromatic rings. The van der Waals surface area contributed by atoms with Crippen LogP contribution in [0.25, 0.3) is 0 Å². The number of thiazole rings is 1. The van der Waals surface area contributed by atoms with E-state index in [1.54, 1.807) is 11.6 Å². The zero-order valence-corrected chi connectivity index (χ0v) is 15.1. The van der Waals surface area contributed by atoms with E-state index in [-0.39, 0.29) is 17.7 Å². The average molecular weight is 362 g/mol. The van der Waals surface area contributed by atoms with Crippen molar-refractivity contribution in [2.24, 2.45) is 5.92 Å². The molecule has 3 heterocycles. The number of rotatable bonds is 6. The molecule has 1 aliphatic heterocycles. The van der Waals surface area contributed by atoms with Gasteiger partial charge < -0.3 is 16.0 Å². The first-order valence-electron chi connectivity index (χ1n) is 8.32. The van der Waals surface area contributed by atoms with E-state index in [2.05, 4.69) is 31.1 Å². The van der Waals surface area contributed by atoms with Gasteiger partial charge in [-0.25, -0.2) is 4.98 Å². The number of hydrogen-bond donors (Lipinski definition) is 4. The molecule has 0 fully saturated rings. The number of aromatic amines is 1. The maximum Gasteiger partial charge on any atom is 0.272 e. The molecule has 9 heteroatoms. The molecule has 0 aliphatic carbocycles. The number of nitrogens with zero attached hydrogens (tertiary/aromatic N) is 2. The summed E-state index contributed by atoms with van der Waals surface area (Å²) in [6, 6.07) is -0.639. The van der Waals surface area contributed by atoms with E-state index < -0.39 is 6.04 Å². The van der Waals surface area contributed by atoms with Crippen molar-refractivity contribution in [1.29, 1.82) is 0 Å². The first-order chi connectivity index (χ1) is 12.0. The monoisotopic (exact) mass is 362 g/mol. The van der Waals surface area contributed by atoms with E-state index >= 15 is 0 Å². The lowest BCUT2D eigenvalue weighted by molar-refractivity contribution is -0.118. The second-order valence-corrected chi connectivity index (χ2v) is 7.33. The molecule has 0 saturated carbocycles. The van der Waals surface area contributed by atoms with Gasteiger partial charge in [0.15, 0.2) is 10.8 Å². The van der Waals surface area contributed by atoms with Crippen LogP contribution in [0.4, 0.5) is 5.13 Å². The number of nitrogens with one attached hydrogen (secondary N) is 4. The number of anilines is 1. The maximum atomic E-state index is 12.7. The highest BCUT2D eigenvalue weighted by Crippen LogP contribution is 2.17. The molecule has 25 heavy (non-hydrogen) atoms. The predicted molar refractivity (Wildman–Crippen MR) is 95.5 cm³/mol. The van der Waals surface area contributed by atoms with Gasteiger partial charge in [0, 0.05) is 42.3 Å². The summed E-state index contributed by atoms with van der Waals surface area (Å²) in [4.78, 5) is 29.3. The van der Waals surface area contributed by atoms with Crippen molar-refractivity contribution in [3.63, 3.8) is 0 Å². The lowest BCUT2D eigenvalue weighted by Gasteiger charge is -2.20. The third-order valence-electron chi connectivity index (χ3n) is 4.01. The summed E-state index contributed by atoms with van der Waals surface area (Å²) in [5.41, 5.74) is 2.22. The molecule has 0 spiro atoms. The summed E-state index contributed by atoms with van der Waals surface area (Å²) in [5.74, 6) is -0.345. The van der Waals surface area contributed by atoms with Crippen molar-refractivity contribution in [1.82, 2.24) is 25.8 Å². The predicted octanol–water partition coefficient (Wildman–Crippen LogP) is 1.30. The van der Waals surface area contributed by atoms with Crippen molar-refractivity contribution in [2.45, 2.75) is 39.3 Å². The van der Waals surface area contributed by atoms with Crippen molar-refractivity contribution < 1.29 is 9.59 Å². The second-order valence-electron chi connectivity index (χ2n) is 6.44. The molecule has 1 unspecified atom stereocenters. The number of aromatic nitrogens is 3. The average Bonchev–Trinajstić information content (AvgIpc) is 3.22. The molecule has 3 rings (SSSR count). The Morgan fingerprint density at radius 3 is 2.96 bits per heavy atom. The van der Waals surface area contributed by atoms with Crippen LogP contribution in [0.2, 0.25) is 0 Å². The number of carbonyl (C=O) groups excluding carboxylic acids is 2. The number of H-pyrrole nitrogens is 1. The molecule has 0 aromatic carbocycles. The fourth-order valence-corrected chi connectivity index (χ4v) is 3.35. The fourth-order valence-electron chi connectivity index (χ4n) is 2.82. The van der Waals surface area contributed by atoms with Gasteiger partial charge in [-0.1, -0.05) is 13.8 Å². The Morgan fingerprint density at radius 2 is 2.24 bits per heavy atom. The molecule has 2 aromatic heterocycles. The van der Waals surface area contributed by atoms with Crippen molar-refractivity contribution >= 4 is 28.3 Å². The minimum atomic E-state index is -0.639. The Bertz CT molecular complexity index is 740. The van der Waals surface area contributed by atoms with Gasteiger partial charge in [-0.2, -0.15) is 5.10 Å². The lowest BCUT2D eigenvalue weighted by atomic mass is 10.0. The Hall–Kier alpha value is -2.26. The Morgan fingerprint density at radius 1 is 1.40 bits per heavy atom. The highest BCUT2D eigenvalue weighted by atomic mass is 32.1. The molecule has 0 radical (unpaired) electrons. The van der Waals surface area contributed by atoms with E-state index in [4.69, 9.17) is 0 Å². The quantitative estimate of drug-likeness (QED) is 0.619. The van der Waals surface area contributed by atoms with Crippen molar-refractivity contribution in [3.8, 4) is 0 Å². The van der Waals surface area contributed by atoms with E-state index in [0.29, 0.717) is 23.8 Å². The first kappa shape index (κ1) is 17.6. The SMILES string of the molecule is CC(C)CC(NC(=O)c1n[nH]c2c1CNCC2)C(=O)Nc1nccs1. The molecule has 0 saturated heterocycles. The molecule has 8 nitrogen and oxygen atoms in total. The van der Waals surface area contributed by atoms with Gasteiger partial charge in [0.1, 0.15) is 6.04 Å². The van der Waals surface area contributed by atoms with E-state index in [0.717, 1.165) is 24.2 Å². The Kier molecular flexibility index (Phi) is 5.44. The van der Waals surface area contributed by atoms with Gasteiger partial charge in [0.25, 0.3) is 5.91 Å². The molecule has 4 N–H and O–H groups in total.